The SMILES string of the molecule is O=C(NCCc1cscn1)c1cccc(S(=O)(=O)N2CCc3ccccc3C2)c1. The average molecular weight is 428 g/mol. The van der Waals surface area contributed by atoms with Gasteiger partial charge in [-0.3, -0.25) is 4.79 Å². The number of carbonyl (C=O) groups excluding carboxylic acids is 1. The lowest BCUT2D eigenvalue weighted by Gasteiger charge is -2.28. The molecule has 1 aliphatic heterocycles. The van der Waals surface area contributed by atoms with Gasteiger partial charge in [-0.25, -0.2) is 13.4 Å². The normalized spacial score (nSPS) is 14.3. The van der Waals surface area contributed by atoms with E-state index in [1.165, 1.54) is 27.3 Å². The van der Waals surface area contributed by atoms with E-state index in [0.717, 1.165) is 11.3 Å². The van der Waals surface area contributed by atoms with Gasteiger partial charge in [0, 0.05) is 37.0 Å². The highest BCUT2D eigenvalue weighted by molar-refractivity contribution is 7.89. The van der Waals surface area contributed by atoms with Crippen molar-refractivity contribution in [1.82, 2.24) is 14.6 Å². The molecule has 0 aliphatic carbocycles. The molecule has 29 heavy (non-hydrogen) atoms. The summed E-state index contributed by atoms with van der Waals surface area (Å²) in [5, 5.41) is 4.77. The number of benzene rings is 2. The van der Waals surface area contributed by atoms with Crippen LogP contribution in [0, 0.1) is 0 Å². The van der Waals surface area contributed by atoms with Gasteiger partial charge in [-0.05, 0) is 35.7 Å². The summed E-state index contributed by atoms with van der Waals surface area (Å²) in [7, 11) is -3.67. The van der Waals surface area contributed by atoms with Crippen LogP contribution in [0.2, 0.25) is 0 Å². The van der Waals surface area contributed by atoms with Crippen LogP contribution in [0.15, 0.2) is 64.3 Å². The maximum Gasteiger partial charge on any atom is 0.251 e. The van der Waals surface area contributed by atoms with Gasteiger partial charge in [-0.1, -0.05) is 30.3 Å². The van der Waals surface area contributed by atoms with Gasteiger partial charge in [0.15, 0.2) is 0 Å². The predicted molar refractivity (Wildman–Crippen MR) is 112 cm³/mol. The quantitative estimate of drug-likeness (QED) is 0.656. The summed E-state index contributed by atoms with van der Waals surface area (Å²) in [6.45, 7) is 1.23. The average Bonchev–Trinajstić information content (AvgIpc) is 3.27. The number of amides is 1. The highest BCUT2D eigenvalue weighted by Crippen LogP contribution is 2.25. The second kappa shape index (κ2) is 8.44. The van der Waals surface area contributed by atoms with Crippen LogP contribution in [-0.4, -0.2) is 36.7 Å². The fourth-order valence-electron chi connectivity index (χ4n) is 3.39. The zero-order valence-corrected chi connectivity index (χ0v) is 17.4. The number of nitrogens with zero attached hydrogens (tertiary/aromatic N) is 2. The Kier molecular flexibility index (Phi) is 5.75. The molecule has 0 fully saturated rings. The summed E-state index contributed by atoms with van der Waals surface area (Å²) in [5.74, 6) is -0.290. The third-order valence-electron chi connectivity index (χ3n) is 4.98. The molecule has 3 aromatic rings. The lowest BCUT2D eigenvalue weighted by molar-refractivity contribution is 0.0954. The molecular weight excluding hydrogens is 406 g/mol. The first kappa shape index (κ1) is 19.8. The molecule has 2 aromatic carbocycles. The van der Waals surface area contributed by atoms with Crippen molar-refractivity contribution in [3.05, 3.63) is 81.8 Å². The van der Waals surface area contributed by atoms with Crippen molar-refractivity contribution in [2.24, 2.45) is 0 Å². The molecule has 0 unspecified atom stereocenters. The standard InChI is InChI=1S/C21H21N3O3S2/c25-21(22-10-8-19-14-28-15-23-19)17-6-3-7-20(12-17)29(26,27)24-11-9-16-4-1-2-5-18(16)13-24/h1-7,12,14-15H,8-11,13H2,(H,22,25). The monoisotopic (exact) mass is 427 g/mol. The van der Waals surface area contributed by atoms with E-state index in [1.807, 2.05) is 29.6 Å². The maximum atomic E-state index is 13.1. The zero-order chi connectivity index (χ0) is 20.3. The van der Waals surface area contributed by atoms with Gasteiger partial charge in [0.05, 0.1) is 16.1 Å². The van der Waals surface area contributed by atoms with Crippen molar-refractivity contribution < 1.29 is 13.2 Å². The van der Waals surface area contributed by atoms with Gasteiger partial charge in [-0.15, -0.1) is 11.3 Å². The first-order valence-corrected chi connectivity index (χ1v) is 11.7. The third kappa shape index (κ3) is 4.39. The molecule has 4 rings (SSSR count). The smallest absolute Gasteiger partial charge is 0.251 e. The fraction of sp³-hybridized carbons (Fsp3) is 0.238. The Labute approximate surface area is 174 Å². The van der Waals surface area contributed by atoms with Crippen LogP contribution in [0.1, 0.15) is 27.2 Å². The number of carbonyl (C=O) groups is 1. The van der Waals surface area contributed by atoms with Crippen LogP contribution >= 0.6 is 11.3 Å². The number of fused-ring (bicyclic) bond motifs is 1. The minimum absolute atomic E-state index is 0.143. The van der Waals surface area contributed by atoms with Crippen LogP contribution in [0.25, 0.3) is 0 Å². The summed E-state index contributed by atoms with van der Waals surface area (Å²) in [6.07, 6.45) is 1.33. The van der Waals surface area contributed by atoms with Crippen molar-refractivity contribution in [3.8, 4) is 0 Å². The third-order valence-corrected chi connectivity index (χ3v) is 7.46. The fourth-order valence-corrected chi connectivity index (χ4v) is 5.45. The second-order valence-corrected chi connectivity index (χ2v) is 9.53. The maximum absolute atomic E-state index is 13.1. The van der Waals surface area contributed by atoms with E-state index >= 15 is 0 Å². The Morgan fingerprint density at radius 3 is 2.76 bits per heavy atom. The van der Waals surface area contributed by atoms with Gasteiger partial charge in [-0.2, -0.15) is 4.31 Å². The van der Waals surface area contributed by atoms with Crippen LogP contribution in [-0.2, 0) is 29.4 Å². The molecule has 0 radical (unpaired) electrons. The first-order chi connectivity index (χ1) is 14.0. The Balaban J connectivity index is 1.46. The number of sulfonamides is 1. The van der Waals surface area contributed by atoms with Crippen molar-refractivity contribution in [3.63, 3.8) is 0 Å². The van der Waals surface area contributed by atoms with E-state index in [1.54, 1.807) is 23.7 Å². The van der Waals surface area contributed by atoms with E-state index in [0.29, 0.717) is 38.0 Å². The van der Waals surface area contributed by atoms with E-state index in [2.05, 4.69) is 10.3 Å². The summed E-state index contributed by atoms with van der Waals surface area (Å²) in [4.78, 5) is 16.8. The molecule has 0 saturated heterocycles. The number of aromatic nitrogens is 1. The molecule has 150 valence electrons. The largest absolute Gasteiger partial charge is 0.352 e. The summed E-state index contributed by atoms with van der Waals surface area (Å²) in [5.41, 5.74) is 5.23. The van der Waals surface area contributed by atoms with E-state index in [9.17, 15) is 13.2 Å². The minimum Gasteiger partial charge on any atom is -0.352 e. The molecule has 1 aliphatic rings. The molecule has 1 amide bonds. The highest BCUT2D eigenvalue weighted by atomic mass is 32.2. The molecule has 0 spiro atoms. The lowest BCUT2D eigenvalue weighted by Crippen LogP contribution is -2.36. The molecule has 1 aromatic heterocycles. The Morgan fingerprint density at radius 1 is 1.14 bits per heavy atom. The Bertz CT molecular complexity index is 1110. The number of nitrogens with one attached hydrogen (secondary N) is 1. The number of hydrogen-bond acceptors (Lipinski definition) is 5. The van der Waals surface area contributed by atoms with Crippen LogP contribution in [0.5, 0.6) is 0 Å². The molecule has 6 nitrogen and oxygen atoms in total. The molecule has 8 heteroatoms. The minimum atomic E-state index is -3.67. The van der Waals surface area contributed by atoms with Crippen molar-refractivity contribution in [2.75, 3.05) is 13.1 Å². The van der Waals surface area contributed by atoms with Crippen molar-refractivity contribution in [2.45, 2.75) is 24.3 Å². The highest BCUT2D eigenvalue weighted by Gasteiger charge is 2.28. The van der Waals surface area contributed by atoms with Gasteiger partial charge in [0.25, 0.3) is 5.91 Å². The molecule has 1 N–H and O–H groups in total. The Hall–Kier alpha value is -2.55. The van der Waals surface area contributed by atoms with Crippen molar-refractivity contribution >= 4 is 27.3 Å². The topological polar surface area (TPSA) is 79.4 Å². The summed E-state index contributed by atoms with van der Waals surface area (Å²) < 4.78 is 27.7. The molecule has 0 bridgehead atoms. The van der Waals surface area contributed by atoms with Gasteiger partial charge in [0.1, 0.15) is 0 Å². The number of rotatable bonds is 6. The molecule has 0 atom stereocenters. The van der Waals surface area contributed by atoms with Crippen LogP contribution in [0.3, 0.4) is 0 Å². The zero-order valence-electron chi connectivity index (χ0n) is 15.7. The van der Waals surface area contributed by atoms with Crippen molar-refractivity contribution in [1.29, 1.82) is 0 Å². The number of thiazole rings is 1. The van der Waals surface area contributed by atoms with E-state index in [4.69, 9.17) is 0 Å². The van der Waals surface area contributed by atoms with Crippen LogP contribution < -0.4 is 5.32 Å². The van der Waals surface area contributed by atoms with E-state index < -0.39 is 10.0 Å². The Morgan fingerprint density at radius 2 is 1.97 bits per heavy atom. The van der Waals surface area contributed by atoms with E-state index in [-0.39, 0.29) is 10.8 Å². The molecule has 0 saturated carbocycles. The van der Waals surface area contributed by atoms with Gasteiger partial charge < -0.3 is 5.32 Å². The predicted octanol–water partition coefficient (Wildman–Crippen LogP) is 2.86. The molecule has 2 heterocycles. The van der Waals surface area contributed by atoms with Crippen LogP contribution in [0.4, 0.5) is 0 Å². The lowest BCUT2D eigenvalue weighted by atomic mass is 10.0. The summed E-state index contributed by atoms with van der Waals surface area (Å²) in [6, 6.07) is 14.1. The number of hydrogen-bond donors (Lipinski definition) is 1. The first-order valence-electron chi connectivity index (χ1n) is 9.36. The van der Waals surface area contributed by atoms with Gasteiger partial charge in [0.2, 0.25) is 10.0 Å². The summed E-state index contributed by atoms with van der Waals surface area (Å²) >= 11 is 1.51. The van der Waals surface area contributed by atoms with Gasteiger partial charge >= 0.3 is 0 Å². The second-order valence-electron chi connectivity index (χ2n) is 6.87. The molecular formula is C21H21N3O3S2.